The predicted molar refractivity (Wildman–Crippen MR) is 98.3 cm³/mol. The summed E-state index contributed by atoms with van der Waals surface area (Å²) in [5, 5.41) is 2.50. The molecule has 2 aromatic carbocycles. The average molecular weight is 428 g/mol. The summed E-state index contributed by atoms with van der Waals surface area (Å²) in [5.74, 6) is -0.951. The Balaban J connectivity index is 1.82. The quantitative estimate of drug-likeness (QED) is 0.508. The van der Waals surface area contributed by atoms with Gasteiger partial charge in [-0.15, -0.1) is 11.3 Å². The fraction of sp³-hybridized carbons (Fsp3) is 0.158. The van der Waals surface area contributed by atoms with Crippen molar-refractivity contribution in [3.8, 4) is 17.0 Å². The summed E-state index contributed by atoms with van der Waals surface area (Å²) in [6.45, 7) is -1.22. The zero-order chi connectivity index (χ0) is 21.2. The standard InChI is InChI=1S/C19H13F5N2O2S/c1-10-15(11-6-8-12(9-7-11)28-17(20)21)25-18(29-10)26-16(27)13-4-2-3-5-14(13)19(22,23)24/h2-9,17H,1H3,(H,25,26,27). The first-order chi connectivity index (χ1) is 13.6. The van der Waals surface area contributed by atoms with Gasteiger partial charge >= 0.3 is 12.8 Å². The molecule has 0 aliphatic carbocycles. The third kappa shape index (κ3) is 4.89. The Hall–Kier alpha value is -3.01. The largest absolute Gasteiger partial charge is 0.435 e. The Morgan fingerprint density at radius 2 is 1.76 bits per heavy atom. The van der Waals surface area contributed by atoms with Crippen molar-refractivity contribution in [1.82, 2.24) is 4.98 Å². The Kier molecular flexibility index (Phi) is 5.83. The van der Waals surface area contributed by atoms with Crippen LogP contribution in [0.3, 0.4) is 0 Å². The highest BCUT2D eigenvalue weighted by Crippen LogP contribution is 2.34. The van der Waals surface area contributed by atoms with Gasteiger partial charge in [0, 0.05) is 10.4 Å². The van der Waals surface area contributed by atoms with Gasteiger partial charge in [0.25, 0.3) is 5.91 Å². The Bertz CT molecular complexity index is 1020. The predicted octanol–water partition coefficient (Wildman–Crippen LogP) is 5.99. The molecular formula is C19H13F5N2O2S. The van der Waals surface area contributed by atoms with E-state index in [0.29, 0.717) is 16.1 Å². The van der Waals surface area contributed by atoms with Crippen molar-refractivity contribution < 1.29 is 31.5 Å². The van der Waals surface area contributed by atoms with Crippen LogP contribution >= 0.6 is 11.3 Å². The molecule has 1 amide bonds. The number of carbonyl (C=O) groups is 1. The number of carbonyl (C=O) groups excluding carboxylic acids is 1. The molecule has 0 fully saturated rings. The molecular weight excluding hydrogens is 415 g/mol. The molecule has 0 saturated carbocycles. The van der Waals surface area contributed by atoms with E-state index in [1.54, 1.807) is 6.92 Å². The van der Waals surface area contributed by atoms with Crippen molar-refractivity contribution in [1.29, 1.82) is 0 Å². The lowest BCUT2D eigenvalue weighted by Crippen LogP contribution is -2.18. The van der Waals surface area contributed by atoms with Crippen LogP contribution in [-0.4, -0.2) is 17.5 Å². The lowest BCUT2D eigenvalue weighted by molar-refractivity contribution is -0.137. The highest BCUT2D eigenvalue weighted by Gasteiger charge is 2.35. The smallest absolute Gasteiger partial charge is 0.417 e. The second-order valence-electron chi connectivity index (χ2n) is 5.82. The van der Waals surface area contributed by atoms with E-state index in [4.69, 9.17) is 0 Å². The summed E-state index contributed by atoms with van der Waals surface area (Å²) >= 11 is 1.08. The van der Waals surface area contributed by atoms with E-state index in [1.807, 2.05) is 0 Å². The normalized spacial score (nSPS) is 11.6. The topological polar surface area (TPSA) is 51.2 Å². The Morgan fingerprint density at radius 1 is 1.10 bits per heavy atom. The van der Waals surface area contributed by atoms with Crippen LogP contribution < -0.4 is 10.1 Å². The van der Waals surface area contributed by atoms with Gasteiger partial charge in [-0.2, -0.15) is 22.0 Å². The number of nitrogens with one attached hydrogen (secondary N) is 1. The Morgan fingerprint density at radius 3 is 2.38 bits per heavy atom. The third-order valence-electron chi connectivity index (χ3n) is 3.85. The van der Waals surface area contributed by atoms with Crippen molar-refractivity contribution in [2.24, 2.45) is 0 Å². The third-order valence-corrected chi connectivity index (χ3v) is 4.73. The number of amides is 1. The maximum absolute atomic E-state index is 13.1. The highest BCUT2D eigenvalue weighted by atomic mass is 32.1. The number of hydrogen-bond acceptors (Lipinski definition) is 4. The van der Waals surface area contributed by atoms with Crippen LogP contribution in [0.15, 0.2) is 48.5 Å². The van der Waals surface area contributed by atoms with Crippen molar-refractivity contribution in [3.05, 3.63) is 64.5 Å². The van der Waals surface area contributed by atoms with Crippen LogP contribution in [-0.2, 0) is 6.18 Å². The summed E-state index contributed by atoms with van der Waals surface area (Å²) in [6, 6.07) is 10.2. The van der Waals surface area contributed by atoms with Crippen molar-refractivity contribution >= 4 is 22.4 Å². The second kappa shape index (κ2) is 8.16. The molecule has 0 aliphatic rings. The van der Waals surface area contributed by atoms with Crippen LogP contribution in [0.5, 0.6) is 5.75 Å². The number of alkyl halides is 5. The molecule has 0 spiro atoms. The first-order valence-electron chi connectivity index (χ1n) is 8.15. The van der Waals surface area contributed by atoms with Gasteiger partial charge in [0.2, 0.25) is 0 Å². The molecule has 0 saturated heterocycles. The van der Waals surface area contributed by atoms with Crippen LogP contribution in [0, 0.1) is 6.92 Å². The van der Waals surface area contributed by atoms with Gasteiger partial charge in [0.1, 0.15) is 5.75 Å². The van der Waals surface area contributed by atoms with E-state index >= 15 is 0 Å². The van der Waals surface area contributed by atoms with E-state index in [0.717, 1.165) is 23.5 Å². The van der Waals surface area contributed by atoms with Gasteiger partial charge in [0.15, 0.2) is 5.13 Å². The number of nitrogens with zero attached hydrogens (tertiary/aromatic N) is 1. The number of rotatable bonds is 5. The van der Waals surface area contributed by atoms with E-state index < -0.39 is 29.8 Å². The zero-order valence-corrected chi connectivity index (χ0v) is 15.6. The minimum Gasteiger partial charge on any atom is -0.435 e. The van der Waals surface area contributed by atoms with Gasteiger partial charge in [0.05, 0.1) is 16.8 Å². The average Bonchev–Trinajstić information content (AvgIpc) is 3.01. The maximum Gasteiger partial charge on any atom is 0.417 e. The zero-order valence-electron chi connectivity index (χ0n) is 14.8. The van der Waals surface area contributed by atoms with Crippen LogP contribution in [0.2, 0.25) is 0 Å². The summed E-state index contributed by atoms with van der Waals surface area (Å²) < 4.78 is 68.0. The van der Waals surface area contributed by atoms with Crippen molar-refractivity contribution in [3.63, 3.8) is 0 Å². The number of aryl methyl sites for hydroxylation is 1. The lowest BCUT2D eigenvalue weighted by Gasteiger charge is -2.11. The van der Waals surface area contributed by atoms with E-state index in [9.17, 15) is 26.7 Å². The first-order valence-corrected chi connectivity index (χ1v) is 8.97. The minimum absolute atomic E-state index is 0.0195. The van der Waals surface area contributed by atoms with E-state index in [-0.39, 0.29) is 10.9 Å². The molecule has 3 aromatic rings. The molecule has 152 valence electrons. The molecule has 0 bridgehead atoms. The van der Waals surface area contributed by atoms with Gasteiger partial charge < -0.3 is 4.74 Å². The molecule has 4 nitrogen and oxygen atoms in total. The fourth-order valence-electron chi connectivity index (χ4n) is 2.60. The summed E-state index contributed by atoms with van der Waals surface area (Å²) in [5.41, 5.74) is -0.502. The number of ether oxygens (including phenoxy) is 1. The lowest BCUT2D eigenvalue weighted by atomic mass is 10.1. The van der Waals surface area contributed by atoms with Gasteiger partial charge in [-0.1, -0.05) is 12.1 Å². The molecule has 1 heterocycles. The van der Waals surface area contributed by atoms with Crippen LogP contribution in [0.4, 0.5) is 27.1 Å². The number of anilines is 1. The number of hydrogen-bond donors (Lipinski definition) is 1. The Labute approximate surface area is 166 Å². The molecule has 1 N–H and O–H groups in total. The van der Waals surface area contributed by atoms with E-state index in [2.05, 4.69) is 15.0 Å². The summed E-state index contributed by atoms with van der Waals surface area (Å²) in [7, 11) is 0. The molecule has 10 heteroatoms. The van der Waals surface area contributed by atoms with Crippen LogP contribution in [0.1, 0.15) is 20.8 Å². The van der Waals surface area contributed by atoms with Gasteiger partial charge in [-0.25, -0.2) is 4.98 Å². The maximum atomic E-state index is 13.1. The van der Waals surface area contributed by atoms with Crippen molar-refractivity contribution in [2.75, 3.05) is 5.32 Å². The molecule has 0 aliphatic heterocycles. The first kappa shape index (κ1) is 20.7. The molecule has 0 atom stereocenters. The van der Waals surface area contributed by atoms with Gasteiger partial charge in [-0.3, -0.25) is 10.1 Å². The minimum atomic E-state index is -4.67. The molecule has 1 aromatic heterocycles. The monoisotopic (exact) mass is 428 g/mol. The molecule has 0 unspecified atom stereocenters. The van der Waals surface area contributed by atoms with Gasteiger partial charge in [-0.05, 0) is 43.3 Å². The van der Waals surface area contributed by atoms with E-state index in [1.165, 1.54) is 36.4 Å². The second-order valence-corrected chi connectivity index (χ2v) is 7.03. The van der Waals surface area contributed by atoms with Crippen LogP contribution in [0.25, 0.3) is 11.3 Å². The van der Waals surface area contributed by atoms with Crippen molar-refractivity contribution in [2.45, 2.75) is 19.7 Å². The summed E-state index contributed by atoms with van der Waals surface area (Å²) in [6.07, 6.45) is -4.67. The number of benzene rings is 2. The molecule has 29 heavy (non-hydrogen) atoms. The molecule has 0 radical (unpaired) electrons. The number of thiazole rings is 1. The fourth-order valence-corrected chi connectivity index (χ4v) is 3.44. The SMILES string of the molecule is Cc1sc(NC(=O)c2ccccc2C(F)(F)F)nc1-c1ccc(OC(F)F)cc1. The molecule has 3 rings (SSSR count). The summed E-state index contributed by atoms with van der Waals surface area (Å²) in [4.78, 5) is 17.3. The number of aromatic nitrogens is 1. The number of halogens is 5. The highest BCUT2D eigenvalue weighted by molar-refractivity contribution is 7.16.